The van der Waals surface area contributed by atoms with E-state index in [1.165, 1.54) is 24.7 Å². The summed E-state index contributed by atoms with van der Waals surface area (Å²) in [5.74, 6) is -0.749. The average molecular weight is 344 g/mol. The van der Waals surface area contributed by atoms with Gasteiger partial charge in [0.15, 0.2) is 0 Å². The Hall–Kier alpha value is -2.37. The van der Waals surface area contributed by atoms with E-state index >= 15 is 0 Å². The maximum atomic E-state index is 12.3. The Balaban J connectivity index is 1.53. The molecule has 1 fully saturated rings. The number of anilines is 1. The van der Waals surface area contributed by atoms with Crippen LogP contribution >= 0.6 is 0 Å². The van der Waals surface area contributed by atoms with Crippen molar-refractivity contribution < 1.29 is 19.1 Å². The second kappa shape index (κ2) is 7.68. The van der Waals surface area contributed by atoms with E-state index in [1.807, 2.05) is 6.07 Å². The number of methoxy groups -OCH3 is 1. The third-order valence-corrected chi connectivity index (χ3v) is 4.97. The van der Waals surface area contributed by atoms with Crippen molar-refractivity contribution in [2.75, 3.05) is 25.1 Å². The van der Waals surface area contributed by atoms with E-state index < -0.39 is 0 Å². The fourth-order valence-corrected chi connectivity index (χ4v) is 3.55. The molecule has 134 valence electrons. The first-order chi connectivity index (χ1) is 12.1. The second-order valence-electron chi connectivity index (χ2n) is 6.68. The van der Waals surface area contributed by atoms with Gasteiger partial charge in [-0.3, -0.25) is 14.4 Å². The van der Waals surface area contributed by atoms with Gasteiger partial charge in [0.05, 0.1) is 13.0 Å². The van der Waals surface area contributed by atoms with Gasteiger partial charge in [-0.1, -0.05) is 6.07 Å². The number of amides is 2. The monoisotopic (exact) mass is 344 g/mol. The summed E-state index contributed by atoms with van der Waals surface area (Å²) in [4.78, 5) is 37.4. The highest BCUT2D eigenvalue weighted by Crippen LogP contribution is 2.30. The van der Waals surface area contributed by atoms with Crippen LogP contribution in [-0.2, 0) is 32.0 Å². The minimum atomic E-state index is -0.334. The summed E-state index contributed by atoms with van der Waals surface area (Å²) in [5, 5.41) is 2.81. The molecule has 1 aliphatic carbocycles. The zero-order valence-corrected chi connectivity index (χ0v) is 14.5. The molecule has 3 rings (SSSR count). The third-order valence-electron chi connectivity index (χ3n) is 4.97. The predicted octanol–water partition coefficient (Wildman–Crippen LogP) is 1.60. The van der Waals surface area contributed by atoms with Crippen LogP contribution in [0.4, 0.5) is 5.69 Å². The van der Waals surface area contributed by atoms with Crippen molar-refractivity contribution >= 4 is 23.5 Å². The van der Waals surface area contributed by atoms with Crippen molar-refractivity contribution in [3.63, 3.8) is 0 Å². The summed E-state index contributed by atoms with van der Waals surface area (Å²) in [6, 6.07) is 6.18. The summed E-state index contributed by atoms with van der Waals surface area (Å²) in [6.07, 6.45) is 4.40. The number of aryl methyl sites for hydroxylation is 2. The van der Waals surface area contributed by atoms with Crippen LogP contribution in [0, 0.1) is 5.92 Å². The van der Waals surface area contributed by atoms with Crippen LogP contribution in [0.2, 0.25) is 0 Å². The van der Waals surface area contributed by atoms with E-state index in [4.69, 9.17) is 0 Å². The molecule has 1 aromatic carbocycles. The number of hydrogen-bond donors (Lipinski definition) is 1. The highest BCUT2D eigenvalue weighted by atomic mass is 16.5. The zero-order chi connectivity index (χ0) is 17.8. The molecular weight excluding hydrogens is 320 g/mol. The van der Waals surface area contributed by atoms with Gasteiger partial charge in [0, 0.05) is 31.6 Å². The van der Waals surface area contributed by atoms with Gasteiger partial charge in [0.25, 0.3) is 0 Å². The molecule has 0 unspecified atom stereocenters. The molecule has 0 bridgehead atoms. The summed E-state index contributed by atoms with van der Waals surface area (Å²) < 4.78 is 4.56. The zero-order valence-electron chi connectivity index (χ0n) is 14.5. The van der Waals surface area contributed by atoms with Crippen molar-refractivity contribution in [3.05, 3.63) is 29.3 Å². The number of nitrogens with zero attached hydrogens (tertiary/aromatic N) is 1. The topological polar surface area (TPSA) is 75.7 Å². The standard InChI is InChI=1S/C19H24N2O4/c1-25-18(23)6-3-9-20-19(24)15-11-17(22)21(12-15)16-8-7-13-4-2-5-14(13)10-16/h7-8,10,15H,2-6,9,11-12H2,1H3,(H,20,24)/t15-/m0/s1. The average Bonchev–Trinajstić information content (AvgIpc) is 3.23. The van der Waals surface area contributed by atoms with Crippen LogP contribution in [-0.4, -0.2) is 38.0 Å². The largest absolute Gasteiger partial charge is 0.469 e. The molecule has 2 amide bonds. The lowest BCUT2D eigenvalue weighted by Crippen LogP contribution is -2.33. The number of rotatable bonds is 6. The Morgan fingerprint density at radius 3 is 2.88 bits per heavy atom. The van der Waals surface area contributed by atoms with E-state index in [1.54, 1.807) is 4.90 Å². The van der Waals surface area contributed by atoms with E-state index in [9.17, 15) is 14.4 Å². The minimum absolute atomic E-state index is 0.00680. The van der Waals surface area contributed by atoms with E-state index in [0.717, 1.165) is 18.5 Å². The maximum absolute atomic E-state index is 12.3. The number of esters is 1. The van der Waals surface area contributed by atoms with Gasteiger partial charge in [-0.05, 0) is 48.9 Å². The number of benzene rings is 1. The van der Waals surface area contributed by atoms with Crippen molar-refractivity contribution in [2.24, 2.45) is 5.92 Å². The molecule has 1 atom stereocenters. The first-order valence-electron chi connectivity index (χ1n) is 8.85. The molecule has 0 aromatic heterocycles. The molecule has 25 heavy (non-hydrogen) atoms. The molecule has 1 N–H and O–H groups in total. The van der Waals surface area contributed by atoms with Crippen molar-refractivity contribution in [2.45, 2.75) is 38.5 Å². The Morgan fingerprint density at radius 2 is 2.08 bits per heavy atom. The molecule has 0 saturated carbocycles. The number of nitrogens with one attached hydrogen (secondary N) is 1. The Kier molecular flexibility index (Phi) is 5.36. The molecule has 6 nitrogen and oxygen atoms in total. The second-order valence-corrected chi connectivity index (χ2v) is 6.68. The number of carbonyl (C=O) groups is 3. The van der Waals surface area contributed by atoms with Crippen LogP contribution in [0.1, 0.15) is 36.8 Å². The lowest BCUT2D eigenvalue weighted by molar-refractivity contribution is -0.140. The molecule has 1 aliphatic heterocycles. The highest BCUT2D eigenvalue weighted by Gasteiger charge is 2.35. The molecule has 2 aliphatic rings. The summed E-state index contributed by atoms with van der Waals surface area (Å²) in [7, 11) is 1.35. The van der Waals surface area contributed by atoms with Crippen molar-refractivity contribution in [1.29, 1.82) is 0 Å². The third kappa shape index (κ3) is 4.00. The van der Waals surface area contributed by atoms with Crippen LogP contribution in [0.5, 0.6) is 0 Å². The summed E-state index contributed by atoms with van der Waals surface area (Å²) >= 11 is 0. The molecule has 0 spiro atoms. The predicted molar refractivity (Wildman–Crippen MR) is 93.2 cm³/mol. The number of carbonyl (C=O) groups excluding carboxylic acids is 3. The smallest absolute Gasteiger partial charge is 0.305 e. The number of ether oxygens (including phenoxy) is 1. The molecule has 6 heteroatoms. The Bertz CT molecular complexity index is 686. The summed E-state index contributed by atoms with van der Waals surface area (Å²) in [6.45, 7) is 0.831. The van der Waals surface area contributed by atoms with Crippen molar-refractivity contribution in [3.8, 4) is 0 Å². The van der Waals surface area contributed by atoms with Gasteiger partial charge >= 0.3 is 5.97 Å². The molecule has 1 aromatic rings. The highest BCUT2D eigenvalue weighted by molar-refractivity contribution is 6.00. The normalized spacial score (nSPS) is 19.0. The summed E-state index contributed by atoms with van der Waals surface area (Å²) in [5.41, 5.74) is 3.59. The fraction of sp³-hybridized carbons (Fsp3) is 0.526. The van der Waals surface area contributed by atoms with Gasteiger partial charge < -0.3 is 15.0 Å². The fourth-order valence-electron chi connectivity index (χ4n) is 3.55. The van der Waals surface area contributed by atoms with Crippen molar-refractivity contribution in [1.82, 2.24) is 5.32 Å². The SMILES string of the molecule is COC(=O)CCCNC(=O)[C@H]1CC(=O)N(c2ccc3c(c2)CCC3)C1. The molecule has 1 heterocycles. The van der Waals surface area contributed by atoms with Crippen LogP contribution in [0.15, 0.2) is 18.2 Å². The Labute approximate surface area is 147 Å². The quantitative estimate of drug-likeness (QED) is 0.628. The van der Waals surface area contributed by atoms with Gasteiger partial charge in [0.1, 0.15) is 0 Å². The van der Waals surface area contributed by atoms with Gasteiger partial charge in [0.2, 0.25) is 11.8 Å². The number of fused-ring (bicyclic) bond motifs is 1. The molecular formula is C19H24N2O4. The Morgan fingerprint density at radius 1 is 1.28 bits per heavy atom. The van der Waals surface area contributed by atoms with E-state index in [0.29, 0.717) is 19.5 Å². The number of hydrogen-bond acceptors (Lipinski definition) is 4. The van der Waals surface area contributed by atoms with E-state index in [2.05, 4.69) is 22.2 Å². The lowest BCUT2D eigenvalue weighted by atomic mass is 10.1. The van der Waals surface area contributed by atoms with Crippen LogP contribution in [0.3, 0.4) is 0 Å². The van der Waals surface area contributed by atoms with Gasteiger partial charge in [-0.15, -0.1) is 0 Å². The first kappa shape index (κ1) is 17.5. The molecule has 0 radical (unpaired) electrons. The van der Waals surface area contributed by atoms with Crippen LogP contribution < -0.4 is 10.2 Å². The minimum Gasteiger partial charge on any atom is -0.469 e. The van der Waals surface area contributed by atoms with E-state index in [-0.39, 0.29) is 36.5 Å². The van der Waals surface area contributed by atoms with Crippen LogP contribution in [0.25, 0.3) is 0 Å². The van der Waals surface area contributed by atoms with Gasteiger partial charge in [-0.25, -0.2) is 0 Å². The molecule has 1 saturated heterocycles. The lowest BCUT2D eigenvalue weighted by Gasteiger charge is -2.18. The maximum Gasteiger partial charge on any atom is 0.305 e. The van der Waals surface area contributed by atoms with Gasteiger partial charge in [-0.2, -0.15) is 0 Å². The first-order valence-corrected chi connectivity index (χ1v) is 8.85.